The Morgan fingerprint density at radius 3 is 2.47 bits per heavy atom. The van der Waals surface area contributed by atoms with Gasteiger partial charge in [0.05, 0.1) is 5.60 Å². The largest absolute Gasteiger partial charge is 0.389 e. The number of hydrogen-bond acceptors (Lipinski definition) is 3. The van der Waals surface area contributed by atoms with E-state index in [4.69, 9.17) is 10.5 Å². The van der Waals surface area contributed by atoms with Crippen LogP contribution in [0.5, 0.6) is 0 Å². The van der Waals surface area contributed by atoms with E-state index in [-0.39, 0.29) is 5.41 Å². The first kappa shape index (κ1) is 11.4. The van der Waals surface area contributed by atoms with Crippen molar-refractivity contribution in [2.75, 3.05) is 19.8 Å². The highest BCUT2D eigenvalue weighted by molar-refractivity contribution is 5.05. The van der Waals surface area contributed by atoms with Crippen LogP contribution in [0.3, 0.4) is 0 Å². The van der Waals surface area contributed by atoms with Crippen LogP contribution >= 0.6 is 0 Å². The lowest BCUT2D eigenvalue weighted by atomic mass is 9.63. The molecular formula is C12H23NO2. The van der Waals surface area contributed by atoms with Crippen molar-refractivity contribution in [2.24, 2.45) is 17.1 Å². The number of hydrogen-bond donors (Lipinski definition) is 2. The summed E-state index contributed by atoms with van der Waals surface area (Å²) in [6.07, 6.45) is 5.04. The van der Waals surface area contributed by atoms with E-state index in [2.05, 4.69) is 6.92 Å². The molecule has 0 aromatic heterocycles. The molecule has 15 heavy (non-hydrogen) atoms. The Morgan fingerprint density at radius 2 is 2.00 bits per heavy atom. The fourth-order valence-corrected chi connectivity index (χ4v) is 3.53. The summed E-state index contributed by atoms with van der Waals surface area (Å²) in [5.41, 5.74) is 5.33. The van der Waals surface area contributed by atoms with E-state index in [0.29, 0.717) is 12.5 Å². The first-order chi connectivity index (χ1) is 7.15. The number of rotatable bonds is 2. The Balaban J connectivity index is 2.23. The summed E-state index contributed by atoms with van der Waals surface area (Å²) < 4.78 is 5.40. The van der Waals surface area contributed by atoms with E-state index in [1.165, 1.54) is 0 Å². The molecule has 0 spiro atoms. The Hall–Kier alpha value is -0.120. The molecule has 2 rings (SSSR count). The first-order valence-corrected chi connectivity index (χ1v) is 6.15. The quantitative estimate of drug-likeness (QED) is 0.727. The van der Waals surface area contributed by atoms with Gasteiger partial charge in [-0.05, 0) is 31.6 Å². The van der Waals surface area contributed by atoms with Crippen molar-refractivity contribution in [3.05, 3.63) is 0 Å². The SMILES string of the molecule is CC1CCCC1(O)C1(CN)CCOCC1. The molecule has 2 aliphatic rings. The topological polar surface area (TPSA) is 55.5 Å². The highest BCUT2D eigenvalue weighted by Gasteiger charge is 2.54. The van der Waals surface area contributed by atoms with Crippen molar-refractivity contribution in [3.63, 3.8) is 0 Å². The van der Waals surface area contributed by atoms with Gasteiger partial charge >= 0.3 is 0 Å². The zero-order valence-electron chi connectivity index (χ0n) is 9.67. The monoisotopic (exact) mass is 213 g/mol. The van der Waals surface area contributed by atoms with Crippen LogP contribution in [-0.4, -0.2) is 30.5 Å². The van der Waals surface area contributed by atoms with Crippen LogP contribution in [0, 0.1) is 11.3 Å². The molecule has 3 N–H and O–H groups in total. The summed E-state index contributed by atoms with van der Waals surface area (Å²) in [6.45, 7) is 4.27. The molecule has 0 radical (unpaired) electrons. The Kier molecular flexibility index (Phi) is 3.06. The van der Waals surface area contributed by atoms with E-state index in [0.717, 1.165) is 45.3 Å². The minimum absolute atomic E-state index is 0.0822. The molecule has 0 aromatic carbocycles. The third-order valence-electron chi connectivity index (χ3n) is 4.77. The molecule has 2 unspecified atom stereocenters. The molecule has 2 atom stereocenters. The molecule has 3 nitrogen and oxygen atoms in total. The zero-order valence-corrected chi connectivity index (χ0v) is 9.67. The average molecular weight is 213 g/mol. The highest BCUT2D eigenvalue weighted by Crippen LogP contribution is 2.51. The third-order valence-corrected chi connectivity index (χ3v) is 4.77. The maximum absolute atomic E-state index is 10.9. The van der Waals surface area contributed by atoms with Crippen molar-refractivity contribution in [2.45, 2.75) is 44.6 Å². The van der Waals surface area contributed by atoms with Crippen molar-refractivity contribution < 1.29 is 9.84 Å². The van der Waals surface area contributed by atoms with Crippen LogP contribution in [0.4, 0.5) is 0 Å². The van der Waals surface area contributed by atoms with Crippen LogP contribution in [0.2, 0.25) is 0 Å². The maximum Gasteiger partial charge on any atom is 0.0742 e. The summed E-state index contributed by atoms with van der Waals surface area (Å²) in [5, 5.41) is 10.9. The van der Waals surface area contributed by atoms with Crippen LogP contribution in [0.1, 0.15) is 39.0 Å². The zero-order chi connectivity index (χ0) is 10.9. The van der Waals surface area contributed by atoms with Gasteiger partial charge in [0.1, 0.15) is 0 Å². The van der Waals surface area contributed by atoms with E-state index in [1.807, 2.05) is 0 Å². The summed E-state index contributed by atoms with van der Waals surface area (Å²) >= 11 is 0. The van der Waals surface area contributed by atoms with Gasteiger partial charge in [0, 0.05) is 25.2 Å². The molecule has 0 aromatic rings. The lowest BCUT2D eigenvalue weighted by Gasteiger charge is -2.49. The normalized spacial score (nSPS) is 40.6. The minimum atomic E-state index is -0.536. The fraction of sp³-hybridized carbons (Fsp3) is 1.00. The van der Waals surface area contributed by atoms with Gasteiger partial charge < -0.3 is 15.6 Å². The predicted octanol–water partition coefficient (Wildman–Crippen LogP) is 1.29. The van der Waals surface area contributed by atoms with Gasteiger partial charge in [-0.3, -0.25) is 0 Å². The molecule has 1 saturated carbocycles. The molecule has 3 heteroatoms. The predicted molar refractivity (Wildman–Crippen MR) is 59.5 cm³/mol. The van der Waals surface area contributed by atoms with Crippen LogP contribution in [-0.2, 0) is 4.74 Å². The summed E-state index contributed by atoms with van der Waals surface area (Å²) in [7, 11) is 0. The number of aliphatic hydroxyl groups is 1. The van der Waals surface area contributed by atoms with E-state index < -0.39 is 5.60 Å². The Morgan fingerprint density at radius 1 is 1.33 bits per heavy atom. The van der Waals surface area contributed by atoms with Gasteiger partial charge in [-0.15, -0.1) is 0 Å². The second-order valence-corrected chi connectivity index (χ2v) is 5.31. The van der Waals surface area contributed by atoms with Gasteiger partial charge in [-0.25, -0.2) is 0 Å². The van der Waals surface area contributed by atoms with E-state index in [1.54, 1.807) is 0 Å². The molecule has 1 aliphatic carbocycles. The maximum atomic E-state index is 10.9. The summed E-state index contributed by atoms with van der Waals surface area (Å²) in [4.78, 5) is 0. The van der Waals surface area contributed by atoms with Crippen LogP contribution in [0.15, 0.2) is 0 Å². The van der Waals surface area contributed by atoms with Gasteiger partial charge in [0.15, 0.2) is 0 Å². The van der Waals surface area contributed by atoms with Crippen molar-refractivity contribution in [3.8, 4) is 0 Å². The van der Waals surface area contributed by atoms with E-state index >= 15 is 0 Å². The van der Waals surface area contributed by atoms with Gasteiger partial charge in [-0.1, -0.05) is 13.3 Å². The second kappa shape index (κ2) is 4.04. The highest BCUT2D eigenvalue weighted by atomic mass is 16.5. The molecule has 2 fully saturated rings. The van der Waals surface area contributed by atoms with E-state index in [9.17, 15) is 5.11 Å². The second-order valence-electron chi connectivity index (χ2n) is 5.31. The lowest BCUT2D eigenvalue weighted by molar-refractivity contribution is -0.145. The molecule has 1 heterocycles. The third kappa shape index (κ3) is 1.61. The lowest BCUT2D eigenvalue weighted by Crippen LogP contribution is -2.56. The molecule has 1 aliphatic heterocycles. The number of nitrogens with two attached hydrogens (primary N) is 1. The van der Waals surface area contributed by atoms with Crippen LogP contribution < -0.4 is 5.73 Å². The van der Waals surface area contributed by atoms with Gasteiger partial charge in [-0.2, -0.15) is 0 Å². The molecular weight excluding hydrogens is 190 g/mol. The Labute approximate surface area is 92.0 Å². The molecule has 0 bridgehead atoms. The van der Waals surface area contributed by atoms with Crippen molar-refractivity contribution >= 4 is 0 Å². The molecule has 0 amide bonds. The first-order valence-electron chi connectivity index (χ1n) is 6.15. The smallest absolute Gasteiger partial charge is 0.0742 e. The minimum Gasteiger partial charge on any atom is -0.389 e. The van der Waals surface area contributed by atoms with Crippen molar-refractivity contribution in [1.82, 2.24) is 0 Å². The molecule has 88 valence electrons. The summed E-state index contributed by atoms with van der Waals surface area (Å²) in [5.74, 6) is 0.388. The number of ether oxygens (including phenoxy) is 1. The van der Waals surface area contributed by atoms with Gasteiger partial charge in [0.25, 0.3) is 0 Å². The average Bonchev–Trinajstić information content (AvgIpc) is 2.62. The Bertz CT molecular complexity index is 226. The summed E-state index contributed by atoms with van der Waals surface area (Å²) in [6, 6.07) is 0. The fourth-order valence-electron chi connectivity index (χ4n) is 3.53. The molecule has 1 saturated heterocycles. The van der Waals surface area contributed by atoms with Crippen LogP contribution in [0.25, 0.3) is 0 Å². The standard InChI is InChI=1S/C12H23NO2/c1-10-3-2-4-12(10,14)11(9-13)5-7-15-8-6-11/h10,14H,2-9,13H2,1H3. The van der Waals surface area contributed by atoms with Crippen molar-refractivity contribution in [1.29, 1.82) is 0 Å². The van der Waals surface area contributed by atoms with Gasteiger partial charge in [0.2, 0.25) is 0 Å².